The smallest absolute Gasteiger partial charge is 0.224 e. The van der Waals surface area contributed by atoms with Gasteiger partial charge in [0.1, 0.15) is 0 Å². The largest absolute Gasteiger partial charge is 0.361 e. The van der Waals surface area contributed by atoms with Crippen molar-refractivity contribution in [2.45, 2.75) is 31.2 Å². The Balaban J connectivity index is 1.54. The standard InChI is InChI=1S/C23H32N4O/c1-4-10-27-15-17(23(28)24-9-6-11-26(2)3)12-19-18-7-5-8-20-22(18)16(14-25-20)13-21(19)27/h4-5,7-8,14,17,19,21,25H,1,6,9-13,15H2,2-3H3,(H,24,28)/t17-,19-,21-/m1/s1. The summed E-state index contributed by atoms with van der Waals surface area (Å²) in [5.41, 5.74) is 4.04. The van der Waals surface area contributed by atoms with Crippen molar-refractivity contribution in [1.29, 1.82) is 0 Å². The highest BCUT2D eigenvalue weighted by Gasteiger charge is 2.42. The van der Waals surface area contributed by atoms with Crippen LogP contribution in [0.3, 0.4) is 0 Å². The van der Waals surface area contributed by atoms with E-state index in [1.807, 2.05) is 6.08 Å². The third kappa shape index (κ3) is 3.61. The van der Waals surface area contributed by atoms with Crippen molar-refractivity contribution in [1.82, 2.24) is 20.1 Å². The fraction of sp³-hybridized carbons (Fsp3) is 0.522. The zero-order chi connectivity index (χ0) is 19.7. The van der Waals surface area contributed by atoms with E-state index in [9.17, 15) is 4.79 Å². The van der Waals surface area contributed by atoms with Crippen molar-refractivity contribution >= 4 is 16.8 Å². The highest BCUT2D eigenvalue weighted by atomic mass is 16.1. The molecule has 1 amide bonds. The van der Waals surface area contributed by atoms with E-state index in [0.717, 1.165) is 45.4 Å². The summed E-state index contributed by atoms with van der Waals surface area (Å²) in [5.74, 6) is 0.646. The Morgan fingerprint density at radius 1 is 1.43 bits per heavy atom. The number of likely N-dealkylation sites (tertiary alicyclic amines) is 1. The lowest BCUT2D eigenvalue weighted by atomic mass is 9.72. The molecule has 150 valence electrons. The number of rotatable bonds is 7. The fourth-order valence-electron chi connectivity index (χ4n) is 5.11. The summed E-state index contributed by atoms with van der Waals surface area (Å²) in [5, 5.41) is 4.56. The summed E-state index contributed by atoms with van der Waals surface area (Å²) in [4.78, 5) is 21.0. The maximum absolute atomic E-state index is 12.9. The fourth-order valence-corrected chi connectivity index (χ4v) is 5.11. The number of hydrogen-bond acceptors (Lipinski definition) is 3. The number of fused-ring (bicyclic) bond motifs is 2. The quantitative estimate of drug-likeness (QED) is 0.574. The molecule has 0 saturated carbocycles. The van der Waals surface area contributed by atoms with Crippen molar-refractivity contribution in [3.63, 3.8) is 0 Å². The number of benzene rings is 1. The Morgan fingerprint density at radius 3 is 3.07 bits per heavy atom. The maximum atomic E-state index is 12.9. The zero-order valence-electron chi connectivity index (χ0n) is 17.1. The molecule has 0 spiro atoms. The molecule has 4 rings (SSSR count). The molecular formula is C23H32N4O. The van der Waals surface area contributed by atoms with Crippen LogP contribution in [0.2, 0.25) is 0 Å². The Labute approximate surface area is 167 Å². The molecule has 1 aromatic carbocycles. The number of carbonyl (C=O) groups is 1. The summed E-state index contributed by atoms with van der Waals surface area (Å²) in [6.45, 7) is 7.36. The van der Waals surface area contributed by atoms with Gasteiger partial charge in [-0.25, -0.2) is 0 Å². The summed E-state index contributed by atoms with van der Waals surface area (Å²) >= 11 is 0. The van der Waals surface area contributed by atoms with E-state index < -0.39 is 0 Å². The molecule has 28 heavy (non-hydrogen) atoms. The van der Waals surface area contributed by atoms with Gasteiger partial charge in [-0.1, -0.05) is 18.2 Å². The Kier molecular flexibility index (Phi) is 5.56. The van der Waals surface area contributed by atoms with Gasteiger partial charge in [-0.3, -0.25) is 9.69 Å². The molecule has 5 heteroatoms. The minimum atomic E-state index is 0.0382. The molecule has 1 aromatic heterocycles. The number of carbonyl (C=O) groups excluding carboxylic acids is 1. The molecule has 3 atom stereocenters. The first-order valence-corrected chi connectivity index (χ1v) is 10.4. The third-order valence-corrected chi connectivity index (χ3v) is 6.39. The lowest BCUT2D eigenvalue weighted by Crippen LogP contribution is -2.53. The molecule has 2 aromatic rings. The first-order chi connectivity index (χ1) is 13.6. The number of nitrogens with zero attached hydrogens (tertiary/aromatic N) is 2. The van der Waals surface area contributed by atoms with Gasteiger partial charge in [0.15, 0.2) is 0 Å². The number of amides is 1. The second-order valence-corrected chi connectivity index (χ2v) is 8.58. The van der Waals surface area contributed by atoms with Gasteiger partial charge in [0.2, 0.25) is 5.91 Å². The van der Waals surface area contributed by atoms with Crippen molar-refractivity contribution in [2.75, 3.05) is 40.3 Å². The number of aromatic amines is 1. The van der Waals surface area contributed by atoms with Gasteiger partial charge in [-0.05, 0) is 57.1 Å². The molecule has 2 N–H and O–H groups in total. The first kappa shape index (κ1) is 19.2. The molecule has 0 radical (unpaired) electrons. The molecule has 1 aliphatic carbocycles. The zero-order valence-corrected chi connectivity index (χ0v) is 17.1. The van der Waals surface area contributed by atoms with Gasteiger partial charge in [0.25, 0.3) is 0 Å². The normalized spacial score (nSPS) is 24.3. The van der Waals surface area contributed by atoms with E-state index in [4.69, 9.17) is 0 Å². The summed E-state index contributed by atoms with van der Waals surface area (Å²) < 4.78 is 0. The Hall–Kier alpha value is -2.11. The highest BCUT2D eigenvalue weighted by Crippen LogP contribution is 2.44. The van der Waals surface area contributed by atoms with Crippen molar-refractivity contribution in [3.8, 4) is 0 Å². The maximum Gasteiger partial charge on any atom is 0.224 e. The van der Waals surface area contributed by atoms with Crippen LogP contribution in [-0.4, -0.2) is 67.0 Å². The second kappa shape index (κ2) is 8.10. The summed E-state index contributed by atoms with van der Waals surface area (Å²) in [7, 11) is 4.13. The Morgan fingerprint density at radius 2 is 2.29 bits per heavy atom. The summed E-state index contributed by atoms with van der Waals surface area (Å²) in [6, 6.07) is 7.01. The lowest BCUT2D eigenvalue weighted by Gasteiger charge is -2.46. The number of hydrogen-bond donors (Lipinski definition) is 2. The SMILES string of the molecule is C=CCN1C[C@H](C(=O)NCCCN(C)C)C[C@@H]2c3cccc4[nH]cc(c34)C[C@H]21. The highest BCUT2D eigenvalue weighted by molar-refractivity contribution is 5.88. The van der Waals surface area contributed by atoms with E-state index in [2.05, 4.69) is 65.2 Å². The van der Waals surface area contributed by atoms with Gasteiger partial charge in [-0.15, -0.1) is 6.58 Å². The van der Waals surface area contributed by atoms with E-state index in [-0.39, 0.29) is 11.8 Å². The molecule has 1 fully saturated rings. The van der Waals surface area contributed by atoms with Crippen LogP contribution in [0.1, 0.15) is 29.9 Å². The number of nitrogens with one attached hydrogen (secondary N) is 2. The van der Waals surface area contributed by atoms with E-state index in [1.165, 1.54) is 22.0 Å². The van der Waals surface area contributed by atoms with E-state index in [1.54, 1.807) is 0 Å². The van der Waals surface area contributed by atoms with Crippen LogP contribution >= 0.6 is 0 Å². The van der Waals surface area contributed by atoms with E-state index in [0.29, 0.717) is 12.0 Å². The van der Waals surface area contributed by atoms with Gasteiger partial charge in [0.05, 0.1) is 5.92 Å². The summed E-state index contributed by atoms with van der Waals surface area (Å²) in [6.07, 6.45) is 7.11. The predicted molar refractivity (Wildman–Crippen MR) is 115 cm³/mol. The van der Waals surface area contributed by atoms with Crippen LogP contribution in [0.15, 0.2) is 37.1 Å². The van der Waals surface area contributed by atoms with Gasteiger partial charge >= 0.3 is 0 Å². The average Bonchev–Trinajstić information content (AvgIpc) is 3.10. The first-order valence-electron chi connectivity index (χ1n) is 10.4. The van der Waals surface area contributed by atoms with Crippen molar-refractivity contribution in [2.24, 2.45) is 5.92 Å². The van der Waals surface area contributed by atoms with Crippen LogP contribution < -0.4 is 5.32 Å². The average molecular weight is 381 g/mol. The van der Waals surface area contributed by atoms with Crippen LogP contribution in [0.5, 0.6) is 0 Å². The Bertz CT molecular complexity index is 855. The van der Waals surface area contributed by atoms with Crippen molar-refractivity contribution in [3.05, 3.63) is 48.2 Å². The van der Waals surface area contributed by atoms with Crippen molar-refractivity contribution < 1.29 is 4.79 Å². The van der Waals surface area contributed by atoms with Gasteiger partial charge in [0, 0.05) is 48.7 Å². The van der Waals surface area contributed by atoms with Crippen LogP contribution in [0, 0.1) is 5.92 Å². The third-order valence-electron chi connectivity index (χ3n) is 6.39. The number of H-pyrrole nitrogens is 1. The minimum Gasteiger partial charge on any atom is -0.361 e. The monoisotopic (exact) mass is 380 g/mol. The molecule has 1 aliphatic heterocycles. The molecule has 0 unspecified atom stereocenters. The second-order valence-electron chi connectivity index (χ2n) is 8.58. The predicted octanol–water partition coefficient (Wildman–Crippen LogP) is 2.75. The van der Waals surface area contributed by atoms with Crippen LogP contribution in [0.25, 0.3) is 10.9 Å². The molecular weight excluding hydrogens is 348 g/mol. The minimum absolute atomic E-state index is 0.0382. The molecule has 1 saturated heterocycles. The molecule has 0 bridgehead atoms. The lowest BCUT2D eigenvalue weighted by molar-refractivity contribution is -0.127. The molecule has 2 aliphatic rings. The van der Waals surface area contributed by atoms with Crippen LogP contribution in [-0.2, 0) is 11.2 Å². The van der Waals surface area contributed by atoms with Crippen LogP contribution in [0.4, 0.5) is 0 Å². The number of aromatic nitrogens is 1. The van der Waals surface area contributed by atoms with Gasteiger partial charge in [-0.2, -0.15) is 0 Å². The topological polar surface area (TPSA) is 51.4 Å². The van der Waals surface area contributed by atoms with E-state index >= 15 is 0 Å². The van der Waals surface area contributed by atoms with Gasteiger partial charge < -0.3 is 15.2 Å². The number of piperidine rings is 1. The molecule has 5 nitrogen and oxygen atoms in total. The molecule has 2 heterocycles.